The second kappa shape index (κ2) is 7.01. The zero-order chi connectivity index (χ0) is 17.9. The van der Waals surface area contributed by atoms with Gasteiger partial charge >= 0.3 is 0 Å². The number of benzene rings is 2. The Balaban J connectivity index is 1.70. The number of methoxy groups -OCH3 is 1. The molecule has 0 bridgehead atoms. The third kappa shape index (κ3) is 4.21. The molecular formula is C21H23NO3. The number of ether oxygens (including phenoxy) is 2. The molecule has 0 spiro atoms. The van der Waals surface area contributed by atoms with Crippen molar-refractivity contribution < 1.29 is 14.3 Å². The molecule has 2 aromatic rings. The number of nitrogens with one attached hydrogen (secondary N) is 1. The molecule has 0 radical (unpaired) electrons. The van der Waals surface area contributed by atoms with Crippen LogP contribution in [0.1, 0.15) is 37.4 Å². The van der Waals surface area contributed by atoms with E-state index < -0.39 is 0 Å². The molecule has 1 aliphatic heterocycles. The molecule has 0 saturated heterocycles. The number of hydrogen-bond donors (Lipinski definition) is 1. The Bertz CT molecular complexity index is 778. The molecule has 2 aromatic carbocycles. The van der Waals surface area contributed by atoms with Crippen molar-refractivity contribution in [1.82, 2.24) is 5.32 Å². The summed E-state index contributed by atoms with van der Waals surface area (Å²) in [5.74, 6) is 1.51. The standard InChI is InChI=1S/C21H23NO3/c1-21(2)14-18(17-6-4-5-7-19(17)25-21)22-20(23)13-10-15-8-11-16(24-3)12-9-15/h4-13,18H,14H2,1-3H3,(H,22,23)/b13-10+. The van der Waals surface area contributed by atoms with Crippen molar-refractivity contribution in [2.24, 2.45) is 0 Å². The zero-order valence-electron chi connectivity index (χ0n) is 14.8. The highest BCUT2D eigenvalue weighted by Gasteiger charge is 2.33. The molecule has 4 nitrogen and oxygen atoms in total. The first kappa shape index (κ1) is 17.1. The fraction of sp³-hybridized carbons (Fsp3) is 0.286. The van der Waals surface area contributed by atoms with E-state index >= 15 is 0 Å². The minimum absolute atomic E-state index is 0.0621. The summed E-state index contributed by atoms with van der Waals surface area (Å²) in [6.45, 7) is 4.07. The van der Waals surface area contributed by atoms with Gasteiger partial charge in [-0.15, -0.1) is 0 Å². The number of para-hydroxylation sites is 1. The van der Waals surface area contributed by atoms with Gasteiger partial charge in [-0.1, -0.05) is 30.3 Å². The largest absolute Gasteiger partial charge is 0.497 e. The number of carbonyl (C=O) groups excluding carboxylic acids is 1. The van der Waals surface area contributed by atoms with Crippen molar-refractivity contribution in [1.29, 1.82) is 0 Å². The quantitative estimate of drug-likeness (QED) is 0.854. The van der Waals surface area contributed by atoms with Gasteiger partial charge in [0.15, 0.2) is 0 Å². The van der Waals surface area contributed by atoms with E-state index in [1.165, 1.54) is 0 Å². The smallest absolute Gasteiger partial charge is 0.244 e. The molecule has 0 fully saturated rings. The second-order valence-electron chi connectivity index (χ2n) is 6.77. The fourth-order valence-corrected chi connectivity index (χ4v) is 3.04. The van der Waals surface area contributed by atoms with E-state index in [-0.39, 0.29) is 17.6 Å². The van der Waals surface area contributed by atoms with Crippen LogP contribution in [0.4, 0.5) is 0 Å². The maximum Gasteiger partial charge on any atom is 0.244 e. The molecule has 1 atom stereocenters. The van der Waals surface area contributed by atoms with Crippen LogP contribution in [0.3, 0.4) is 0 Å². The Labute approximate surface area is 148 Å². The van der Waals surface area contributed by atoms with Crippen LogP contribution >= 0.6 is 0 Å². The lowest BCUT2D eigenvalue weighted by Crippen LogP contribution is -2.40. The molecule has 4 heteroatoms. The third-order valence-electron chi connectivity index (χ3n) is 4.24. The maximum atomic E-state index is 12.4. The maximum absolute atomic E-state index is 12.4. The van der Waals surface area contributed by atoms with Gasteiger partial charge in [0.05, 0.1) is 13.2 Å². The van der Waals surface area contributed by atoms with Crippen molar-refractivity contribution in [3.8, 4) is 11.5 Å². The van der Waals surface area contributed by atoms with Crippen LogP contribution < -0.4 is 14.8 Å². The van der Waals surface area contributed by atoms with Crippen LogP contribution in [-0.4, -0.2) is 18.6 Å². The monoisotopic (exact) mass is 337 g/mol. The summed E-state index contributed by atoms with van der Waals surface area (Å²) in [6.07, 6.45) is 4.09. The molecule has 1 amide bonds. The lowest BCUT2D eigenvalue weighted by atomic mass is 9.89. The first-order valence-electron chi connectivity index (χ1n) is 8.37. The number of rotatable bonds is 4. The molecule has 1 heterocycles. The molecule has 0 aromatic heterocycles. The molecule has 25 heavy (non-hydrogen) atoms. The van der Waals surface area contributed by atoms with Crippen molar-refractivity contribution in [2.45, 2.75) is 31.9 Å². The Kier molecular flexibility index (Phi) is 4.79. The van der Waals surface area contributed by atoms with E-state index in [0.29, 0.717) is 0 Å². The number of carbonyl (C=O) groups is 1. The van der Waals surface area contributed by atoms with Gasteiger partial charge in [-0.05, 0) is 43.7 Å². The molecular weight excluding hydrogens is 314 g/mol. The Hall–Kier alpha value is -2.75. The Morgan fingerprint density at radius 2 is 1.92 bits per heavy atom. The summed E-state index contributed by atoms with van der Waals surface area (Å²) < 4.78 is 11.1. The van der Waals surface area contributed by atoms with Gasteiger partial charge in [-0.25, -0.2) is 0 Å². The van der Waals surface area contributed by atoms with Crippen LogP contribution in [0.2, 0.25) is 0 Å². The first-order chi connectivity index (χ1) is 12.0. The number of fused-ring (bicyclic) bond motifs is 1. The summed E-state index contributed by atoms with van der Waals surface area (Å²) >= 11 is 0. The molecule has 0 aliphatic carbocycles. The highest BCUT2D eigenvalue weighted by Crippen LogP contribution is 2.39. The SMILES string of the molecule is COc1ccc(/C=C/C(=O)NC2CC(C)(C)Oc3ccccc32)cc1. The summed E-state index contributed by atoms with van der Waals surface area (Å²) in [5, 5.41) is 3.09. The predicted octanol–water partition coefficient (Wildman–Crippen LogP) is 4.13. The topological polar surface area (TPSA) is 47.6 Å². The van der Waals surface area contributed by atoms with Gasteiger partial charge in [0.1, 0.15) is 17.1 Å². The molecule has 1 N–H and O–H groups in total. The van der Waals surface area contributed by atoms with E-state index in [0.717, 1.165) is 29.0 Å². The Morgan fingerprint density at radius 3 is 2.64 bits per heavy atom. The van der Waals surface area contributed by atoms with Crippen molar-refractivity contribution in [3.05, 3.63) is 65.7 Å². The van der Waals surface area contributed by atoms with Crippen LogP contribution in [0.15, 0.2) is 54.6 Å². The molecule has 1 aliphatic rings. The van der Waals surface area contributed by atoms with Crippen molar-refractivity contribution in [2.75, 3.05) is 7.11 Å². The summed E-state index contributed by atoms with van der Waals surface area (Å²) in [5.41, 5.74) is 1.66. The summed E-state index contributed by atoms with van der Waals surface area (Å²) in [6, 6.07) is 15.4. The first-order valence-corrected chi connectivity index (χ1v) is 8.37. The minimum Gasteiger partial charge on any atom is -0.497 e. The summed E-state index contributed by atoms with van der Waals surface area (Å²) in [7, 11) is 1.63. The molecule has 130 valence electrons. The summed E-state index contributed by atoms with van der Waals surface area (Å²) in [4.78, 5) is 12.4. The highest BCUT2D eigenvalue weighted by molar-refractivity contribution is 5.92. The second-order valence-corrected chi connectivity index (χ2v) is 6.77. The minimum atomic E-state index is -0.313. The lowest BCUT2D eigenvalue weighted by molar-refractivity contribution is -0.117. The molecule has 0 saturated carbocycles. The van der Waals surface area contributed by atoms with Crippen LogP contribution in [0, 0.1) is 0 Å². The van der Waals surface area contributed by atoms with E-state index in [4.69, 9.17) is 9.47 Å². The molecule has 3 rings (SSSR count). The van der Waals surface area contributed by atoms with Gasteiger partial charge in [0, 0.05) is 18.1 Å². The van der Waals surface area contributed by atoms with Crippen LogP contribution in [0.5, 0.6) is 11.5 Å². The van der Waals surface area contributed by atoms with Crippen molar-refractivity contribution in [3.63, 3.8) is 0 Å². The Morgan fingerprint density at radius 1 is 1.20 bits per heavy atom. The lowest BCUT2D eigenvalue weighted by Gasteiger charge is -2.37. The molecule has 1 unspecified atom stereocenters. The third-order valence-corrected chi connectivity index (χ3v) is 4.24. The highest BCUT2D eigenvalue weighted by atomic mass is 16.5. The van der Waals surface area contributed by atoms with E-state index in [2.05, 4.69) is 5.32 Å². The van der Waals surface area contributed by atoms with E-state index in [1.54, 1.807) is 19.3 Å². The fourth-order valence-electron chi connectivity index (χ4n) is 3.04. The normalized spacial score (nSPS) is 18.3. The number of hydrogen-bond acceptors (Lipinski definition) is 3. The predicted molar refractivity (Wildman–Crippen MR) is 98.7 cm³/mol. The average Bonchev–Trinajstić information content (AvgIpc) is 2.59. The van der Waals surface area contributed by atoms with Gasteiger partial charge in [0.2, 0.25) is 5.91 Å². The number of amides is 1. The van der Waals surface area contributed by atoms with Gasteiger partial charge in [-0.3, -0.25) is 4.79 Å². The van der Waals surface area contributed by atoms with Gasteiger partial charge < -0.3 is 14.8 Å². The van der Waals surface area contributed by atoms with Crippen LogP contribution in [-0.2, 0) is 4.79 Å². The van der Waals surface area contributed by atoms with Gasteiger partial charge in [0.25, 0.3) is 0 Å². The average molecular weight is 337 g/mol. The van der Waals surface area contributed by atoms with E-state index in [1.807, 2.05) is 62.4 Å². The van der Waals surface area contributed by atoms with Crippen molar-refractivity contribution >= 4 is 12.0 Å². The van der Waals surface area contributed by atoms with Crippen LogP contribution in [0.25, 0.3) is 6.08 Å². The van der Waals surface area contributed by atoms with E-state index in [9.17, 15) is 4.79 Å². The van der Waals surface area contributed by atoms with Gasteiger partial charge in [-0.2, -0.15) is 0 Å². The zero-order valence-corrected chi connectivity index (χ0v) is 14.8.